The van der Waals surface area contributed by atoms with Crippen molar-refractivity contribution in [1.82, 2.24) is 5.32 Å². The van der Waals surface area contributed by atoms with Crippen molar-refractivity contribution < 1.29 is 39.3 Å². The Labute approximate surface area is 113 Å². The van der Waals surface area contributed by atoms with Crippen LogP contribution in [0.5, 0.6) is 0 Å². The molecule has 5 atom stereocenters. The molecule has 4 nitrogen and oxygen atoms in total. The fourth-order valence-electron chi connectivity index (χ4n) is 0.953. The van der Waals surface area contributed by atoms with Gasteiger partial charge in [0.2, 0.25) is 0 Å². The third-order valence-electron chi connectivity index (χ3n) is 1.82. The summed E-state index contributed by atoms with van der Waals surface area (Å²) in [5.41, 5.74) is 0. The molecule has 0 aromatic heterocycles. The van der Waals surface area contributed by atoms with Crippen molar-refractivity contribution in [3.63, 3.8) is 0 Å². The van der Waals surface area contributed by atoms with Gasteiger partial charge < -0.3 is 5.32 Å². The summed E-state index contributed by atoms with van der Waals surface area (Å²) in [5.74, 6) is -1.80. The summed E-state index contributed by atoms with van der Waals surface area (Å²) in [6.45, 7) is -1.93. The lowest BCUT2D eigenvalue weighted by atomic mass is 10.1. The van der Waals surface area contributed by atoms with Crippen LogP contribution in [0.15, 0.2) is 0 Å². The van der Waals surface area contributed by atoms with E-state index in [-0.39, 0.29) is 0 Å². The molecule has 5 unspecified atom stereocenters. The summed E-state index contributed by atoms with van der Waals surface area (Å²) >= 11 is 0. The predicted octanol–water partition coefficient (Wildman–Crippen LogP) is 1.37. The summed E-state index contributed by atoms with van der Waals surface area (Å²) in [7, 11) is -1.18. The molecule has 0 fully saturated rings. The molecule has 0 radical (unpaired) electrons. The molecule has 0 amide bonds. The van der Waals surface area contributed by atoms with E-state index in [4.69, 9.17) is 4.55 Å². The van der Waals surface area contributed by atoms with Crippen molar-refractivity contribution in [1.29, 1.82) is 0 Å². The largest absolute Gasteiger partial charge is 0.323 e. The fourth-order valence-corrected chi connectivity index (χ4v) is 1.54. The van der Waals surface area contributed by atoms with Crippen LogP contribution >= 0.6 is 0 Å². The van der Waals surface area contributed by atoms with Crippen LogP contribution in [0.2, 0.25) is 0 Å². The molecular weight excluding hydrogens is 316 g/mol. The lowest BCUT2D eigenvalue weighted by Crippen LogP contribution is -2.42. The van der Waals surface area contributed by atoms with E-state index in [9.17, 15) is 34.8 Å². The summed E-state index contributed by atoms with van der Waals surface area (Å²) < 4.78 is 103. The van der Waals surface area contributed by atoms with Crippen LogP contribution in [0, 0.1) is 0 Å². The van der Waals surface area contributed by atoms with Crippen LogP contribution < -0.4 is 5.32 Å². The number of halogens is 6. The number of alkyl halides is 6. The lowest BCUT2D eigenvalue weighted by molar-refractivity contribution is 0.000251. The second-order valence-electron chi connectivity index (χ2n) is 3.77. The molecule has 0 aliphatic heterocycles. The highest BCUT2D eigenvalue weighted by molar-refractivity contribution is 7.85. The number of nitrogens with one attached hydrogen (secondary N) is 1. The van der Waals surface area contributed by atoms with Crippen LogP contribution in [0.4, 0.5) is 26.3 Å². The van der Waals surface area contributed by atoms with Crippen LogP contribution in [0.25, 0.3) is 0 Å². The standard InChI is InChI=1S/C7H10F6O3S.C2H7N/c8-1-3(9)5(11)7(13)6(12)4(10)2-17(14,15)16;1-3-2/h3-7H,1-2H2,(H,14,15,16);3H,1-2H3. The first-order valence-corrected chi connectivity index (χ1v) is 6.92. The SMILES string of the molecule is CNC.O=S(=O)(O)CC(F)C(F)C(F)C(F)C(F)CF. The van der Waals surface area contributed by atoms with Crippen molar-refractivity contribution in [3.8, 4) is 0 Å². The first-order valence-electron chi connectivity index (χ1n) is 5.31. The van der Waals surface area contributed by atoms with Crippen LogP contribution in [-0.2, 0) is 10.1 Å². The monoisotopic (exact) mass is 333 g/mol. The third kappa shape index (κ3) is 9.37. The predicted molar refractivity (Wildman–Crippen MR) is 61.9 cm³/mol. The molecule has 11 heteroatoms. The van der Waals surface area contributed by atoms with E-state index >= 15 is 0 Å². The van der Waals surface area contributed by atoms with E-state index in [1.54, 1.807) is 0 Å². The van der Waals surface area contributed by atoms with E-state index in [2.05, 4.69) is 5.32 Å². The Morgan fingerprint density at radius 2 is 1.30 bits per heavy atom. The topological polar surface area (TPSA) is 66.4 Å². The molecule has 0 aromatic rings. The van der Waals surface area contributed by atoms with Gasteiger partial charge in [-0.25, -0.2) is 26.3 Å². The second-order valence-corrected chi connectivity index (χ2v) is 5.27. The molecule has 0 aromatic carbocycles. The van der Waals surface area contributed by atoms with Gasteiger partial charge in [-0.15, -0.1) is 0 Å². The first kappa shape index (κ1) is 21.7. The number of hydrogen-bond acceptors (Lipinski definition) is 3. The van der Waals surface area contributed by atoms with Gasteiger partial charge in [-0.2, -0.15) is 8.42 Å². The third-order valence-corrected chi connectivity index (χ3v) is 2.56. The van der Waals surface area contributed by atoms with E-state index in [0.29, 0.717) is 0 Å². The zero-order valence-electron chi connectivity index (χ0n) is 10.7. The van der Waals surface area contributed by atoms with E-state index in [0.717, 1.165) is 0 Å². The minimum Gasteiger partial charge on any atom is -0.323 e. The molecule has 124 valence electrons. The summed E-state index contributed by atoms with van der Waals surface area (Å²) in [6.07, 6.45) is -16.0. The fraction of sp³-hybridized carbons (Fsp3) is 1.00. The van der Waals surface area contributed by atoms with E-state index in [1.165, 1.54) is 0 Å². The number of rotatable bonds is 7. The smallest absolute Gasteiger partial charge is 0.267 e. The van der Waals surface area contributed by atoms with Crippen LogP contribution in [0.3, 0.4) is 0 Å². The lowest BCUT2D eigenvalue weighted by Gasteiger charge is -2.20. The van der Waals surface area contributed by atoms with Crippen molar-refractivity contribution >= 4 is 10.1 Å². The Morgan fingerprint density at radius 3 is 1.60 bits per heavy atom. The maximum atomic E-state index is 12.8. The Bertz CT molecular complexity index is 345. The van der Waals surface area contributed by atoms with Gasteiger partial charge in [-0.05, 0) is 14.1 Å². The molecule has 20 heavy (non-hydrogen) atoms. The summed E-state index contributed by atoms with van der Waals surface area (Å²) in [4.78, 5) is 0. The summed E-state index contributed by atoms with van der Waals surface area (Å²) in [5, 5.41) is 2.75. The van der Waals surface area contributed by atoms with Gasteiger partial charge in [0, 0.05) is 0 Å². The van der Waals surface area contributed by atoms with E-state index < -0.39 is 53.4 Å². The highest BCUT2D eigenvalue weighted by atomic mass is 32.2. The molecule has 0 spiro atoms. The average Bonchev–Trinajstić information content (AvgIpc) is 2.34. The molecule has 0 saturated carbocycles. The molecule has 0 aliphatic rings. The quantitative estimate of drug-likeness (QED) is 0.546. The minimum atomic E-state index is -4.93. The van der Waals surface area contributed by atoms with Crippen LogP contribution in [-0.4, -0.2) is 70.4 Å². The van der Waals surface area contributed by atoms with Crippen molar-refractivity contribution in [2.24, 2.45) is 0 Å². The van der Waals surface area contributed by atoms with Crippen LogP contribution in [0.1, 0.15) is 0 Å². The van der Waals surface area contributed by atoms with E-state index in [1.807, 2.05) is 14.1 Å². The van der Waals surface area contributed by atoms with Gasteiger partial charge in [0.1, 0.15) is 12.4 Å². The Morgan fingerprint density at radius 1 is 0.950 bits per heavy atom. The molecular formula is C9H17F6NO3S. The van der Waals surface area contributed by atoms with Crippen molar-refractivity contribution in [2.75, 3.05) is 26.5 Å². The second kappa shape index (κ2) is 10.2. The summed E-state index contributed by atoms with van der Waals surface area (Å²) in [6, 6.07) is 0. The zero-order valence-corrected chi connectivity index (χ0v) is 11.6. The van der Waals surface area contributed by atoms with Crippen molar-refractivity contribution in [2.45, 2.75) is 30.9 Å². The van der Waals surface area contributed by atoms with Gasteiger partial charge in [0.15, 0.2) is 30.9 Å². The molecule has 0 aliphatic carbocycles. The maximum Gasteiger partial charge on any atom is 0.267 e. The Hall–Kier alpha value is -0.550. The zero-order chi connectivity index (χ0) is 16.5. The molecule has 0 saturated heterocycles. The maximum absolute atomic E-state index is 12.8. The van der Waals surface area contributed by atoms with Gasteiger partial charge in [-0.3, -0.25) is 4.55 Å². The first-order chi connectivity index (χ1) is 9.01. The highest BCUT2D eigenvalue weighted by Crippen LogP contribution is 2.22. The average molecular weight is 333 g/mol. The van der Waals surface area contributed by atoms with Gasteiger partial charge in [-0.1, -0.05) is 0 Å². The normalized spacial score (nSPS) is 19.2. The molecule has 2 N–H and O–H groups in total. The Kier molecular flexibility index (Phi) is 11.1. The minimum absolute atomic E-state index is 1.80. The molecule has 0 heterocycles. The van der Waals surface area contributed by atoms with Gasteiger partial charge in [0.05, 0.1) is 0 Å². The Balaban J connectivity index is 0. The van der Waals surface area contributed by atoms with Gasteiger partial charge in [0.25, 0.3) is 10.1 Å². The van der Waals surface area contributed by atoms with Crippen molar-refractivity contribution in [3.05, 3.63) is 0 Å². The van der Waals surface area contributed by atoms with Gasteiger partial charge >= 0.3 is 0 Å². The highest BCUT2D eigenvalue weighted by Gasteiger charge is 2.41. The number of hydrogen-bond donors (Lipinski definition) is 2. The molecule has 0 bridgehead atoms. The molecule has 0 rings (SSSR count).